The van der Waals surface area contributed by atoms with E-state index in [2.05, 4.69) is 20.2 Å². The fourth-order valence-electron chi connectivity index (χ4n) is 1.25. The second-order valence-electron chi connectivity index (χ2n) is 3.46. The smallest absolute Gasteiger partial charge is 0.221 e. The van der Waals surface area contributed by atoms with Gasteiger partial charge in [-0.05, 0) is 7.05 Å². The highest BCUT2D eigenvalue weighted by atomic mass is 32.1. The second-order valence-corrected chi connectivity index (χ2v) is 4.21. The lowest BCUT2D eigenvalue weighted by Gasteiger charge is -2.14. The van der Waals surface area contributed by atoms with Crippen molar-refractivity contribution in [1.29, 1.82) is 0 Å². The van der Waals surface area contributed by atoms with Gasteiger partial charge in [0.1, 0.15) is 10.7 Å². The highest BCUT2D eigenvalue weighted by Crippen LogP contribution is 2.17. The molecule has 0 atom stereocenters. The van der Waals surface area contributed by atoms with Gasteiger partial charge in [0.05, 0.1) is 0 Å². The van der Waals surface area contributed by atoms with E-state index in [1.165, 1.54) is 11.5 Å². The molecule has 0 saturated heterocycles. The fourth-order valence-corrected chi connectivity index (χ4v) is 1.78. The minimum atomic E-state index is 0.0529. The number of nitrogens with zero attached hydrogens (tertiary/aromatic N) is 3. The van der Waals surface area contributed by atoms with Gasteiger partial charge < -0.3 is 10.6 Å². The van der Waals surface area contributed by atoms with Gasteiger partial charge in [-0.25, -0.2) is 0 Å². The van der Waals surface area contributed by atoms with Crippen molar-refractivity contribution in [3.63, 3.8) is 0 Å². The maximum Gasteiger partial charge on any atom is 0.221 e. The van der Waals surface area contributed by atoms with Crippen LogP contribution in [0.5, 0.6) is 0 Å². The van der Waals surface area contributed by atoms with Crippen LogP contribution in [0.3, 0.4) is 0 Å². The Morgan fingerprint density at radius 1 is 1.50 bits per heavy atom. The number of rotatable bonds is 6. The molecule has 1 amide bonds. The van der Waals surface area contributed by atoms with Crippen molar-refractivity contribution in [3.8, 4) is 0 Å². The van der Waals surface area contributed by atoms with Crippen LogP contribution in [0.15, 0.2) is 0 Å². The molecule has 0 saturated carbocycles. The Labute approximate surface area is 99.2 Å². The van der Waals surface area contributed by atoms with E-state index in [-0.39, 0.29) is 5.91 Å². The van der Waals surface area contributed by atoms with Crippen LogP contribution in [0.25, 0.3) is 0 Å². The lowest BCUT2D eigenvalue weighted by Crippen LogP contribution is -2.26. The molecule has 1 rings (SSSR count). The van der Waals surface area contributed by atoms with E-state index < -0.39 is 0 Å². The Hall–Kier alpha value is -1.21. The summed E-state index contributed by atoms with van der Waals surface area (Å²) in [7, 11) is 5.46. The molecule has 1 heterocycles. The predicted octanol–water partition coefficient (Wildman–Crippen LogP) is 0.148. The second kappa shape index (κ2) is 6.39. The van der Waals surface area contributed by atoms with Gasteiger partial charge in [-0.15, -0.1) is 5.10 Å². The molecule has 0 aliphatic heterocycles. The molecular formula is C9H17N5OS. The molecule has 1 aromatic rings. The fraction of sp³-hybridized carbons (Fsp3) is 0.667. The first-order chi connectivity index (χ1) is 7.67. The van der Waals surface area contributed by atoms with E-state index in [0.717, 1.165) is 10.7 Å². The van der Waals surface area contributed by atoms with Crippen molar-refractivity contribution in [1.82, 2.24) is 19.8 Å². The van der Waals surface area contributed by atoms with Gasteiger partial charge in [0.2, 0.25) is 5.91 Å². The molecule has 0 aliphatic rings. The summed E-state index contributed by atoms with van der Waals surface area (Å²) in [6, 6.07) is 0. The molecule has 0 fully saturated rings. The number of nitrogens with one attached hydrogen (secondary N) is 2. The van der Waals surface area contributed by atoms with Gasteiger partial charge in [0, 0.05) is 45.1 Å². The molecule has 16 heavy (non-hydrogen) atoms. The zero-order valence-corrected chi connectivity index (χ0v) is 10.6. The number of hydrogen-bond donors (Lipinski definition) is 2. The first kappa shape index (κ1) is 12.9. The van der Waals surface area contributed by atoms with Crippen LogP contribution in [0.1, 0.15) is 12.1 Å². The summed E-state index contributed by atoms with van der Waals surface area (Å²) >= 11 is 1.34. The van der Waals surface area contributed by atoms with E-state index in [1.807, 2.05) is 19.0 Å². The van der Waals surface area contributed by atoms with Gasteiger partial charge in [-0.2, -0.15) is 0 Å². The molecule has 0 radical (unpaired) electrons. The molecular weight excluding hydrogens is 226 g/mol. The molecule has 0 bridgehead atoms. The highest BCUT2D eigenvalue weighted by Gasteiger charge is 2.10. The molecule has 2 N–H and O–H groups in total. The summed E-state index contributed by atoms with van der Waals surface area (Å²) in [5, 5.41) is 10.7. The maximum absolute atomic E-state index is 11.1. The van der Waals surface area contributed by atoms with Gasteiger partial charge in [0.25, 0.3) is 0 Å². The predicted molar refractivity (Wildman–Crippen MR) is 64.5 cm³/mol. The first-order valence-corrected chi connectivity index (χ1v) is 5.82. The molecule has 0 spiro atoms. The van der Waals surface area contributed by atoms with Crippen LogP contribution in [0.4, 0.5) is 5.00 Å². The van der Waals surface area contributed by atoms with E-state index in [9.17, 15) is 4.79 Å². The summed E-state index contributed by atoms with van der Waals surface area (Å²) in [4.78, 5) is 13.1. The maximum atomic E-state index is 11.1. The Morgan fingerprint density at radius 3 is 2.88 bits per heavy atom. The number of carbonyl (C=O) groups excluding carboxylic acids is 1. The summed E-state index contributed by atoms with van der Waals surface area (Å²) in [6.45, 7) is 1.41. The lowest BCUT2D eigenvalue weighted by atomic mass is 10.3. The van der Waals surface area contributed by atoms with Crippen LogP contribution in [0, 0.1) is 0 Å². The van der Waals surface area contributed by atoms with Crippen molar-refractivity contribution in [3.05, 3.63) is 5.69 Å². The number of amides is 1. The van der Waals surface area contributed by atoms with E-state index in [4.69, 9.17) is 0 Å². The third-order valence-corrected chi connectivity index (χ3v) is 2.99. The Bertz CT molecular complexity index is 340. The van der Waals surface area contributed by atoms with Crippen molar-refractivity contribution < 1.29 is 4.79 Å². The number of hydrogen-bond acceptors (Lipinski definition) is 6. The quantitative estimate of drug-likeness (QED) is 0.744. The number of aromatic nitrogens is 2. The third kappa shape index (κ3) is 3.74. The normalized spacial score (nSPS) is 10.5. The van der Waals surface area contributed by atoms with Crippen LogP contribution in [0.2, 0.25) is 0 Å². The van der Waals surface area contributed by atoms with Gasteiger partial charge in [0.15, 0.2) is 0 Å². The average molecular weight is 243 g/mol. The zero-order chi connectivity index (χ0) is 12.0. The molecule has 7 heteroatoms. The molecule has 1 aromatic heterocycles. The molecule has 6 nitrogen and oxygen atoms in total. The van der Waals surface area contributed by atoms with Crippen molar-refractivity contribution in [2.24, 2.45) is 0 Å². The first-order valence-electron chi connectivity index (χ1n) is 5.05. The van der Waals surface area contributed by atoms with Crippen molar-refractivity contribution in [2.45, 2.75) is 13.0 Å². The number of anilines is 1. The van der Waals surface area contributed by atoms with E-state index in [1.54, 1.807) is 7.05 Å². The third-order valence-electron chi connectivity index (χ3n) is 2.20. The highest BCUT2D eigenvalue weighted by molar-refractivity contribution is 7.10. The summed E-state index contributed by atoms with van der Waals surface area (Å²) in [5.74, 6) is 0.0529. The summed E-state index contributed by atoms with van der Waals surface area (Å²) < 4.78 is 3.88. The van der Waals surface area contributed by atoms with Crippen LogP contribution >= 0.6 is 11.5 Å². The zero-order valence-electron chi connectivity index (χ0n) is 9.78. The van der Waals surface area contributed by atoms with Gasteiger partial charge in [-0.3, -0.25) is 9.69 Å². The largest absolute Gasteiger partial charge is 0.377 e. The van der Waals surface area contributed by atoms with Crippen LogP contribution < -0.4 is 10.6 Å². The van der Waals surface area contributed by atoms with Crippen molar-refractivity contribution >= 4 is 22.4 Å². The number of carbonyl (C=O) groups is 1. The summed E-state index contributed by atoms with van der Waals surface area (Å²) in [5.41, 5.74) is 0.923. The Morgan fingerprint density at radius 2 is 2.25 bits per heavy atom. The Kier molecular flexibility index (Phi) is 5.13. The average Bonchev–Trinajstić information content (AvgIpc) is 2.73. The van der Waals surface area contributed by atoms with E-state index in [0.29, 0.717) is 19.5 Å². The lowest BCUT2D eigenvalue weighted by molar-refractivity contribution is -0.120. The SMILES string of the molecule is CNC(=O)CCN(C)Cc1nnsc1NC. The summed E-state index contributed by atoms with van der Waals surface area (Å²) in [6.07, 6.45) is 0.499. The monoisotopic (exact) mass is 243 g/mol. The molecule has 0 unspecified atom stereocenters. The van der Waals surface area contributed by atoms with E-state index >= 15 is 0 Å². The van der Waals surface area contributed by atoms with Crippen LogP contribution in [-0.4, -0.2) is 48.1 Å². The van der Waals surface area contributed by atoms with Gasteiger partial charge >= 0.3 is 0 Å². The van der Waals surface area contributed by atoms with Crippen molar-refractivity contribution in [2.75, 3.05) is 33.0 Å². The molecule has 90 valence electrons. The minimum Gasteiger partial charge on any atom is -0.377 e. The molecule has 0 aromatic carbocycles. The standard InChI is InChI=1S/C9H17N5OS/c1-10-8(15)4-5-14(3)6-7-9(11-2)16-13-12-7/h11H,4-6H2,1-3H3,(H,10,15). The topological polar surface area (TPSA) is 70.2 Å². The van der Waals surface area contributed by atoms with Gasteiger partial charge in [-0.1, -0.05) is 4.49 Å². The minimum absolute atomic E-state index is 0.0529. The Balaban J connectivity index is 2.39. The van der Waals surface area contributed by atoms with Crippen LogP contribution in [-0.2, 0) is 11.3 Å². The molecule has 0 aliphatic carbocycles.